The van der Waals surface area contributed by atoms with E-state index in [2.05, 4.69) is 51.4 Å². The third-order valence-electron chi connectivity index (χ3n) is 6.97. The van der Waals surface area contributed by atoms with Crippen LogP contribution in [-0.4, -0.2) is 56.4 Å². The monoisotopic (exact) mass is 422 g/mol. The number of aryl methyl sites for hydroxylation is 2. The standard InChI is InChI=1S/C23H30N6O2/c1-15-8-9-17-14-19(23(30)24-20(17)16(15)2)21(28-10-12-31-13-11-28)22-25-26-27-29(22)18-6-4-3-5-7-18/h8-9,14,18,21H,3-7,10-13H2,1-2H3,(H,24,30)/t21-/m1/s1. The predicted molar refractivity (Wildman–Crippen MR) is 118 cm³/mol. The molecule has 3 aromatic rings. The van der Waals surface area contributed by atoms with Crippen molar-refractivity contribution in [2.45, 2.75) is 58.0 Å². The fraction of sp³-hybridized carbons (Fsp3) is 0.565. The molecule has 2 fully saturated rings. The molecule has 1 aliphatic carbocycles. The number of nitrogens with one attached hydrogen (secondary N) is 1. The molecule has 164 valence electrons. The van der Waals surface area contributed by atoms with Crippen molar-refractivity contribution in [1.82, 2.24) is 30.1 Å². The molecule has 1 aromatic carbocycles. The highest BCUT2D eigenvalue weighted by Crippen LogP contribution is 2.33. The Bertz CT molecular complexity index is 1120. The zero-order valence-corrected chi connectivity index (χ0v) is 18.3. The number of morpholine rings is 1. The van der Waals surface area contributed by atoms with E-state index in [0.29, 0.717) is 24.8 Å². The summed E-state index contributed by atoms with van der Waals surface area (Å²) >= 11 is 0. The van der Waals surface area contributed by atoms with Crippen LogP contribution in [0.1, 0.15) is 66.7 Å². The van der Waals surface area contributed by atoms with E-state index in [1.807, 2.05) is 10.7 Å². The van der Waals surface area contributed by atoms with Gasteiger partial charge in [-0.15, -0.1) is 5.10 Å². The first-order valence-electron chi connectivity index (χ1n) is 11.4. The third kappa shape index (κ3) is 3.78. The largest absolute Gasteiger partial charge is 0.379 e. The van der Waals surface area contributed by atoms with E-state index in [4.69, 9.17) is 4.74 Å². The number of ether oxygens (including phenoxy) is 1. The first kappa shape index (κ1) is 20.3. The van der Waals surface area contributed by atoms with Gasteiger partial charge in [-0.3, -0.25) is 9.69 Å². The summed E-state index contributed by atoms with van der Waals surface area (Å²) in [5, 5.41) is 13.9. The second kappa shape index (κ2) is 8.51. The number of aromatic amines is 1. The Balaban J connectivity index is 1.65. The molecule has 1 N–H and O–H groups in total. The van der Waals surface area contributed by atoms with Gasteiger partial charge in [-0.1, -0.05) is 31.4 Å². The van der Waals surface area contributed by atoms with Gasteiger partial charge in [-0.25, -0.2) is 4.68 Å². The number of tetrazole rings is 1. The van der Waals surface area contributed by atoms with E-state index >= 15 is 0 Å². The molecule has 0 spiro atoms. The minimum Gasteiger partial charge on any atom is -0.379 e. The van der Waals surface area contributed by atoms with E-state index in [-0.39, 0.29) is 11.6 Å². The summed E-state index contributed by atoms with van der Waals surface area (Å²) in [6, 6.07) is 6.22. The second-order valence-corrected chi connectivity index (χ2v) is 8.85. The molecule has 8 heteroatoms. The van der Waals surface area contributed by atoms with Crippen LogP contribution in [0.2, 0.25) is 0 Å². The van der Waals surface area contributed by atoms with Gasteiger partial charge >= 0.3 is 0 Å². The number of fused-ring (bicyclic) bond motifs is 1. The smallest absolute Gasteiger partial charge is 0.253 e. The fourth-order valence-electron chi connectivity index (χ4n) is 5.05. The Hall–Kier alpha value is -2.58. The first-order valence-corrected chi connectivity index (χ1v) is 11.4. The van der Waals surface area contributed by atoms with Gasteiger partial charge in [0.2, 0.25) is 0 Å². The maximum atomic E-state index is 13.4. The lowest BCUT2D eigenvalue weighted by molar-refractivity contribution is 0.0209. The number of H-pyrrole nitrogens is 1. The Kier molecular flexibility index (Phi) is 5.58. The molecule has 0 radical (unpaired) electrons. The zero-order chi connectivity index (χ0) is 21.4. The van der Waals surface area contributed by atoms with Crippen LogP contribution in [0.15, 0.2) is 23.0 Å². The van der Waals surface area contributed by atoms with Crippen LogP contribution in [-0.2, 0) is 4.74 Å². The van der Waals surface area contributed by atoms with E-state index in [0.717, 1.165) is 48.2 Å². The Morgan fingerprint density at radius 1 is 1.13 bits per heavy atom. The summed E-state index contributed by atoms with van der Waals surface area (Å²) in [4.78, 5) is 18.8. The summed E-state index contributed by atoms with van der Waals surface area (Å²) in [5.41, 5.74) is 3.81. The lowest BCUT2D eigenvalue weighted by Crippen LogP contribution is -2.42. The Labute approximate surface area is 181 Å². The maximum Gasteiger partial charge on any atom is 0.253 e. The van der Waals surface area contributed by atoms with Gasteiger partial charge < -0.3 is 9.72 Å². The molecule has 0 unspecified atom stereocenters. The van der Waals surface area contributed by atoms with Crippen molar-refractivity contribution in [3.05, 3.63) is 51.1 Å². The van der Waals surface area contributed by atoms with Crippen LogP contribution in [0, 0.1) is 13.8 Å². The molecule has 2 aliphatic rings. The number of aromatic nitrogens is 5. The van der Waals surface area contributed by atoms with Gasteiger partial charge in [0.15, 0.2) is 5.82 Å². The minimum atomic E-state index is -0.296. The number of rotatable bonds is 4. The normalized spacial score (nSPS) is 19.7. The molecular weight excluding hydrogens is 392 g/mol. The summed E-state index contributed by atoms with van der Waals surface area (Å²) in [6.07, 6.45) is 5.83. The molecule has 1 aliphatic heterocycles. The average molecular weight is 423 g/mol. The first-order chi connectivity index (χ1) is 15.1. The van der Waals surface area contributed by atoms with Gasteiger partial charge in [0.1, 0.15) is 6.04 Å². The van der Waals surface area contributed by atoms with Gasteiger partial charge in [0.25, 0.3) is 5.56 Å². The van der Waals surface area contributed by atoms with Crippen molar-refractivity contribution in [1.29, 1.82) is 0 Å². The van der Waals surface area contributed by atoms with E-state index in [9.17, 15) is 4.79 Å². The number of nitrogens with zero attached hydrogens (tertiary/aromatic N) is 5. The van der Waals surface area contributed by atoms with Crippen molar-refractivity contribution in [3.63, 3.8) is 0 Å². The van der Waals surface area contributed by atoms with Crippen LogP contribution >= 0.6 is 0 Å². The summed E-state index contributed by atoms with van der Waals surface area (Å²) in [7, 11) is 0. The molecule has 0 amide bonds. The number of hydrogen-bond acceptors (Lipinski definition) is 6. The summed E-state index contributed by atoms with van der Waals surface area (Å²) < 4.78 is 7.58. The molecule has 1 saturated carbocycles. The fourth-order valence-corrected chi connectivity index (χ4v) is 5.05. The van der Waals surface area contributed by atoms with Crippen molar-refractivity contribution in [2.75, 3.05) is 26.3 Å². The minimum absolute atomic E-state index is 0.0733. The second-order valence-electron chi connectivity index (χ2n) is 8.85. The average Bonchev–Trinajstić information content (AvgIpc) is 3.28. The van der Waals surface area contributed by atoms with E-state index < -0.39 is 0 Å². The van der Waals surface area contributed by atoms with Crippen LogP contribution in [0.5, 0.6) is 0 Å². The van der Waals surface area contributed by atoms with Crippen molar-refractivity contribution in [3.8, 4) is 0 Å². The molecular formula is C23H30N6O2. The highest BCUT2D eigenvalue weighted by molar-refractivity contribution is 5.83. The summed E-state index contributed by atoms with van der Waals surface area (Å²) in [6.45, 7) is 6.89. The third-order valence-corrected chi connectivity index (χ3v) is 6.97. The highest BCUT2D eigenvalue weighted by Gasteiger charge is 2.33. The van der Waals surface area contributed by atoms with Crippen molar-refractivity contribution < 1.29 is 4.74 Å². The molecule has 1 atom stereocenters. The van der Waals surface area contributed by atoms with Gasteiger partial charge in [-0.05, 0) is 59.7 Å². The molecule has 31 heavy (non-hydrogen) atoms. The Morgan fingerprint density at radius 2 is 1.90 bits per heavy atom. The number of hydrogen-bond donors (Lipinski definition) is 1. The van der Waals surface area contributed by atoms with Crippen LogP contribution in [0.4, 0.5) is 0 Å². The molecule has 3 heterocycles. The highest BCUT2D eigenvalue weighted by atomic mass is 16.5. The maximum absolute atomic E-state index is 13.4. The van der Waals surface area contributed by atoms with Gasteiger partial charge in [0, 0.05) is 18.7 Å². The Morgan fingerprint density at radius 3 is 2.68 bits per heavy atom. The molecule has 0 bridgehead atoms. The quantitative estimate of drug-likeness (QED) is 0.695. The predicted octanol–water partition coefficient (Wildman–Crippen LogP) is 3.06. The van der Waals surface area contributed by atoms with Crippen molar-refractivity contribution >= 4 is 10.9 Å². The van der Waals surface area contributed by atoms with Crippen LogP contribution < -0.4 is 5.56 Å². The molecule has 2 aromatic heterocycles. The topological polar surface area (TPSA) is 88.9 Å². The zero-order valence-electron chi connectivity index (χ0n) is 18.3. The number of pyridine rings is 1. The lowest BCUT2D eigenvalue weighted by Gasteiger charge is -2.34. The molecule has 8 nitrogen and oxygen atoms in total. The van der Waals surface area contributed by atoms with Gasteiger partial charge in [0.05, 0.1) is 24.8 Å². The summed E-state index contributed by atoms with van der Waals surface area (Å²) in [5.74, 6) is 0.766. The number of benzene rings is 1. The van der Waals surface area contributed by atoms with Crippen LogP contribution in [0.25, 0.3) is 10.9 Å². The molecule has 1 saturated heterocycles. The van der Waals surface area contributed by atoms with Gasteiger partial charge in [-0.2, -0.15) is 0 Å². The SMILES string of the molecule is Cc1ccc2cc([C@H](c3nnnn3C3CCCCC3)N3CCOCC3)c(=O)[nH]c2c1C. The van der Waals surface area contributed by atoms with Crippen LogP contribution in [0.3, 0.4) is 0 Å². The van der Waals surface area contributed by atoms with Crippen molar-refractivity contribution in [2.24, 2.45) is 0 Å². The molecule has 5 rings (SSSR count). The lowest BCUT2D eigenvalue weighted by atomic mass is 9.95. The van der Waals surface area contributed by atoms with E-state index in [1.54, 1.807) is 0 Å². The van der Waals surface area contributed by atoms with E-state index in [1.165, 1.54) is 24.8 Å².